The first kappa shape index (κ1) is 14.4. The van der Waals surface area contributed by atoms with Gasteiger partial charge in [0, 0.05) is 12.1 Å². The van der Waals surface area contributed by atoms with Crippen LogP contribution in [0.15, 0.2) is 12.1 Å². The molecule has 2 atom stereocenters. The Morgan fingerprint density at radius 1 is 1.25 bits per heavy atom. The molecule has 1 saturated carbocycles. The van der Waals surface area contributed by atoms with Crippen molar-refractivity contribution in [2.75, 3.05) is 19.5 Å². The van der Waals surface area contributed by atoms with Crippen LogP contribution in [0.4, 0.5) is 11.4 Å². The van der Waals surface area contributed by atoms with Crippen molar-refractivity contribution in [2.45, 2.75) is 32.2 Å². The van der Waals surface area contributed by atoms with E-state index in [1.165, 1.54) is 20.3 Å². The SMILES string of the molecule is COc1cc(NC2CCC(C)C2)c([N+](=O)[O-])cc1OC. The molecular formula is C14H20N2O4. The number of hydrogen-bond acceptors (Lipinski definition) is 5. The highest BCUT2D eigenvalue weighted by Crippen LogP contribution is 2.39. The lowest BCUT2D eigenvalue weighted by atomic mass is 10.1. The largest absolute Gasteiger partial charge is 0.493 e. The van der Waals surface area contributed by atoms with E-state index >= 15 is 0 Å². The van der Waals surface area contributed by atoms with Crippen molar-refractivity contribution in [2.24, 2.45) is 5.92 Å². The van der Waals surface area contributed by atoms with E-state index in [4.69, 9.17) is 9.47 Å². The molecule has 1 fully saturated rings. The second-order valence-electron chi connectivity index (χ2n) is 5.24. The molecule has 6 heteroatoms. The van der Waals surface area contributed by atoms with Crippen molar-refractivity contribution < 1.29 is 14.4 Å². The van der Waals surface area contributed by atoms with Crippen LogP contribution in [0.1, 0.15) is 26.2 Å². The molecule has 1 aromatic rings. The summed E-state index contributed by atoms with van der Waals surface area (Å²) < 4.78 is 10.3. The van der Waals surface area contributed by atoms with Gasteiger partial charge in [0.1, 0.15) is 5.69 Å². The highest BCUT2D eigenvalue weighted by atomic mass is 16.6. The molecule has 2 unspecified atom stereocenters. The van der Waals surface area contributed by atoms with Crippen molar-refractivity contribution in [3.05, 3.63) is 22.2 Å². The third kappa shape index (κ3) is 2.95. The summed E-state index contributed by atoms with van der Waals surface area (Å²) >= 11 is 0. The molecule has 0 amide bonds. The zero-order valence-corrected chi connectivity index (χ0v) is 12.0. The smallest absolute Gasteiger partial charge is 0.296 e. The van der Waals surface area contributed by atoms with E-state index < -0.39 is 4.92 Å². The van der Waals surface area contributed by atoms with Gasteiger partial charge in [0.05, 0.1) is 25.2 Å². The molecule has 0 radical (unpaired) electrons. The van der Waals surface area contributed by atoms with Crippen LogP contribution in [0.2, 0.25) is 0 Å². The Bertz CT molecular complexity index is 504. The van der Waals surface area contributed by atoms with E-state index in [0.717, 1.165) is 19.3 Å². The summed E-state index contributed by atoms with van der Waals surface area (Å²) in [6.07, 6.45) is 3.22. The van der Waals surface area contributed by atoms with Gasteiger partial charge in [0.2, 0.25) is 0 Å². The van der Waals surface area contributed by atoms with E-state index in [9.17, 15) is 10.1 Å². The fourth-order valence-electron chi connectivity index (χ4n) is 2.69. The molecule has 20 heavy (non-hydrogen) atoms. The minimum absolute atomic E-state index is 0.0159. The molecule has 0 aliphatic heterocycles. The Morgan fingerprint density at radius 2 is 1.90 bits per heavy atom. The average Bonchev–Trinajstić information content (AvgIpc) is 2.83. The maximum absolute atomic E-state index is 11.2. The standard InChI is InChI=1S/C14H20N2O4/c1-9-4-5-10(6-9)15-11-7-13(19-2)14(20-3)8-12(11)16(17)18/h7-10,15H,4-6H2,1-3H3. The molecule has 1 aliphatic carbocycles. The second kappa shape index (κ2) is 5.98. The number of ether oxygens (including phenoxy) is 2. The number of nitro benzene ring substituents is 1. The Morgan fingerprint density at radius 3 is 2.40 bits per heavy atom. The number of nitro groups is 1. The number of nitrogens with one attached hydrogen (secondary N) is 1. The minimum Gasteiger partial charge on any atom is -0.493 e. The average molecular weight is 280 g/mol. The van der Waals surface area contributed by atoms with Gasteiger partial charge in [-0.25, -0.2) is 0 Å². The summed E-state index contributed by atoms with van der Waals surface area (Å²) in [6.45, 7) is 2.20. The monoisotopic (exact) mass is 280 g/mol. The molecule has 2 rings (SSSR count). The Hall–Kier alpha value is -1.98. The quantitative estimate of drug-likeness (QED) is 0.662. The second-order valence-corrected chi connectivity index (χ2v) is 5.24. The topological polar surface area (TPSA) is 73.6 Å². The molecule has 0 saturated heterocycles. The van der Waals surface area contributed by atoms with Crippen LogP contribution >= 0.6 is 0 Å². The van der Waals surface area contributed by atoms with Crippen molar-refractivity contribution >= 4 is 11.4 Å². The van der Waals surface area contributed by atoms with Crippen molar-refractivity contribution in [3.8, 4) is 11.5 Å². The summed E-state index contributed by atoms with van der Waals surface area (Å²) in [7, 11) is 2.98. The van der Waals surface area contributed by atoms with Crippen LogP contribution in [0.25, 0.3) is 0 Å². The number of nitrogens with zero attached hydrogens (tertiary/aromatic N) is 1. The van der Waals surface area contributed by atoms with Crippen LogP contribution in [-0.2, 0) is 0 Å². The van der Waals surface area contributed by atoms with E-state index in [-0.39, 0.29) is 11.7 Å². The van der Waals surface area contributed by atoms with Crippen molar-refractivity contribution in [1.82, 2.24) is 0 Å². The zero-order valence-electron chi connectivity index (χ0n) is 12.0. The maximum Gasteiger partial charge on any atom is 0.296 e. The first-order valence-corrected chi connectivity index (χ1v) is 6.72. The van der Waals surface area contributed by atoms with Crippen molar-refractivity contribution in [1.29, 1.82) is 0 Å². The summed E-state index contributed by atoms with van der Waals surface area (Å²) in [5.74, 6) is 1.52. The predicted octanol–water partition coefficient (Wildman–Crippen LogP) is 3.21. The molecule has 1 aliphatic rings. The van der Waals surface area contributed by atoms with Crippen LogP contribution in [0, 0.1) is 16.0 Å². The van der Waals surface area contributed by atoms with Gasteiger partial charge in [-0.1, -0.05) is 6.92 Å². The Kier molecular flexibility index (Phi) is 4.32. The maximum atomic E-state index is 11.2. The Labute approximate surface area is 118 Å². The summed E-state index contributed by atoms with van der Waals surface area (Å²) in [4.78, 5) is 10.8. The van der Waals surface area contributed by atoms with E-state index in [0.29, 0.717) is 23.1 Å². The lowest BCUT2D eigenvalue weighted by Crippen LogP contribution is -2.16. The number of anilines is 1. The van der Waals surface area contributed by atoms with E-state index in [2.05, 4.69) is 12.2 Å². The van der Waals surface area contributed by atoms with Gasteiger partial charge in [0.25, 0.3) is 5.69 Å². The van der Waals surface area contributed by atoms with Gasteiger partial charge in [-0.3, -0.25) is 10.1 Å². The highest BCUT2D eigenvalue weighted by molar-refractivity contribution is 5.68. The van der Waals surface area contributed by atoms with Gasteiger partial charge in [-0.15, -0.1) is 0 Å². The van der Waals surface area contributed by atoms with Crippen LogP contribution in [-0.4, -0.2) is 25.2 Å². The van der Waals surface area contributed by atoms with Gasteiger partial charge in [-0.05, 0) is 25.2 Å². The van der Waals surface area contributed by atoms with Crippen molar-refractivity contribution in [3.63, 3.8) is 0 Å². The van der Waals surface area contributed by atoms with E-state index in [1.807, 2.05) is 0 Å². The van der Waals surface area contributed by atoms with E-state index in [1.54, 1.807) is 6.07 Å². The fraction of sp³-hybridized carbons (Fsp3) is 0.571. The normalized spacial score (nSPS) is 21.6. The highest BCUT2D eigenvalue weighted by Gasteiger charge is 2.25. The van der Waals surface area contributed by atoms with Crippen LogP contribution in [0.3, 0.4) is 0 Å². The Balaban J connectivity index is 2.31. The first-order chi connectivity index (χ1) is 9.55. The predicted molar refractivity (Wildman–Crippen MR) is 76.6 cm³/mol. The molecule has 110 valence electrons. The molecule has 0 heterocycles. The van der Waals surface area contributed by atoms with Gasteiger partial charge in [-0.2, -0.15) is 0 Å². The van der Waals surface area contributed by atoms with Gasteiger partial charge in [0.15, 0.2) is 11.5 Å². The van der Waals surface area contributed by atoms with Crippen LogP contribution < -0.4 is 14.8 Å². The lowest BCUT2D eigenvalue weighted by molar-refractivity contribution is -0.384. The lowest BCUT2D eigenvalue weighted by Gasteiger charge is -2.16. The molecular weight excluding hydrogens is 260 g/mol. The van der Waals surface area contributed by atoms with Gasteiger partial charge < -0.3 is 14.8 Å². The van der Waals surface area contributed by atoms with Crippen LogP contribution in [0.5, 0.6) is 11.5 Å². The number of hydrogen-bond donors (Lipinski definition) is 1. The zero-order chi connectivity index (χ0) is 14.7. The van der Waals surface area contributed by atoms with Gasteiger partial charge >= 0.3 is 0 Å². The fourth-order valence-corrected chi connectivity index (χ4v) is 2.69. The summed E-state index contributed by atoms with van der Waals surface area (Å²) in [5.41, 5.74) is 0.508. The molecule has 0 aromatic heterocycles. The third-order valence-corrected chi connectivity index (χ3v) is 3.75. The molecule has 0 spiro atoms. The number of rotatable bonds is 5. The molecule has 1 aromatic carbocycles. The summed E-state index contributed by atoms with van der Waals surface area (Å²) in [5, 5.41) is 14.5. The molecule has 0 bridgehead atoms. The molecule has 1 N–H and O–H groups in total. The third-order valence-electron chi connectivity index (χ3n) is 3.75. The summed E-state index contributed by atoms with van der Waals surface area (Å²) in [6, 6.07) is 3.32. The number of methoxy groups -OCH3 is 2. The minimum atomic E-state index is -0.400. The first-order valence-electron chi connectivity index (χ1n) is 6.72. The number of benzene rings is 1. The molecule has 6 nitrogen and oxygen atoms in total.